The standard InChI is InChI=1S/C18H24N4O/c1-20-9-4-7-18(17(20)23)8-10-21(13-18)11-12-22-14-19-15-5-2-3-6-16(15)22/h2-3,5-6,14H,4,7-13H2,1H3/t18-/m0/s1. The van der Waals surface area contributed by atoms with Crippen LogP contribution in [0, 0.1) is 5.41 Å². The molecule has 1 atom stereocenters. The highest BCUT2D eigenvalue weighted by Gasteiger charge is 2.47. The Morgan fingerprint density at radius 3 is 2.96 bits per heavy atom. The first kappa shape index (κ1) is 14.7. The second-order valence-corrected chi connectivity index (χ2v) is 7.06. The van der Waals surface area contributed by atoms with E-state index < -0.39 is 0 Å². The van der Waals surface area contributed by atoms with E-state index in [1.165, 1.54) is 5.52 Å². The molecule has 0 radical (unpaired) electrons. The van der Waals surface area contributed by atoms with Crippen molar-refractivity contribution in [3.8, 4) is 0 Å². The Morgan fingerprint density at radius 1 is 1.17 bits per heavy atom. The zero-order valence-electron chi connectivity index (χ0n) is 13.7. The van der Waals surface area contributed by atoms with E-state index >= 15 is 0 Å². The highest BCUT2D eigenvalue weighted by Crippen LogP contribution is 2.39. The summed E-state index contributed by atoms with van der Waals surface area (Å²) in [5.41, 5.74) is 2.13. The lowest BCUT2D eigenvalue weighted by atomic mass is 9.78. The van der Waals surface area contributed by atoms with Gasteiger partial charge in [-0.2, -0.15) is 0 Å². The van der Waals surface area contributed by atoms with Gasteiger partial charge in [0.1, 0.15) is 0 Å². The maximum Gasteiger partial charge on any atom is 0.229 e. The first-order valence-electron chi connectivity index (χ1n) is 8.56. The molecule has 1 spiro atoms. The van der Waals surface area contributed by atoms with E-state index in [0.29, 0.717) is 5.91 Å². The number of likely N-dealkylation sites (tertiary alicyclic amines) is 2. The summed E-state index contributed by atoms with van der Waals surface area (Å²) in [7, 11) is 1.95. The molecular formula is C18H24N4O. The Balaban J connectivity index is 1.42. The minimum atomic E-state index is -0.107. The van der Waals surface area contributed by atoms with Gasteiger partial charge in [-0.1, -0.05) is 12.1 Å². The van der Waals surface area contributed by atoms with Gasteiger partial charge < -0.3 is 14.4 Å². The quantitative estimate of drug-likeness (QED) is 0.870. The van der Waals surface area contributed by atoms with Crippen molar-refractivity contribution in [1.29, 1.82) is 0 Å². The molecule has 2 aliphatic heterocycles. The third-order valence-corrected chi connectivity index (χ3v) is 5.57. The number of para-hydroxylation sites is 2. The molecule has 0 unspecified atom stereocenters. The number of imidazole rings is 1. The van der Waals surface area contributed by atoms with E-state index in [4.69, 9.17) is 0 Å². The van der Waals surface area contributed by atoms with Crippen LogP contribution in [0.2, 0.25) is 0 Å². The van der Waals surface area contributed by atoms with E-state index in [1.54, 1.807) is 0 Å². The SMILES string of the molecule is CN1CCC[C@@]2(CCN(CCn3cnc4ccccc43)C2)C1=O. The molecule has 1 amide bonds. The van der Waals surface area contributed by atoms with Crippen LogP contribution in [0.15, 0.2) is 30.6 Å². The second-order valence-electron chi connectivity index (χ2n) is 7.06. The van der Waals surface area contributed by atoms with E-state index in [9.17, 15) is 4.79 Å². The number of nitrogens with zero attached hydrogens (tertiary/aromatic N) is 4. The van der Waals surface area contributed by atoms with E-state index in [0.717, 1.165) is 57.5 Å². The third-order valence-electron chi connectivity index (χ3n) is 5.57. The van der Waals surface area contributed by atoms with Gasteiger partial charge in [-0.05, 0) is 37.9 Å². The van der Waals surface area contributed by atoms with Crippen molar-refractivity contribution in [2.75, 3.05) is 33.2 Å². The molecule has 5 heteroatoms. The van der Waals surface area contributed by atoms with Crippen LogP contribution in [-0.4, -0.2) is 58.5 Å². The highest BCUT2D eigenvalue weighted by molar-refractivity contribution is 5.84. The summed E-state index contributed by atoms with van der Waals surface area (Å²) >= 11 is 0. The molecule has 4 rings (SSSR count). The molecule has 1 aromatic heterocycles. The van der Waals surface area contributed by atoms with Crippen molar-refractivity contribution < 1.29 is 4.79 Å². The number of carbonyl (C=O) groups is 1. The van der Waals surface area contributed by atoms with Crippen LogP contribution in [0.4, 0.5) is 0 Å². The van der Waals surface area contributed by atoms with Crippen molar-refractivity contribution in [2.24, 2.45) is 5.41 Å². The second kappa shape index (κ2) is 5.64. The number of fused-ring (bicyclic) bond motifs is 1. The van der Waals surface area contributed by atoms with Crippen LogP contribution >= 0.6 is 0 Å². The average Bonchev–Trinajstić information content (AvgIpc) is 3.16. The Morgan fingerprint density at radius 2 is 2.04 bits per heavy atom. The van der Waals surface area contributed by atoms with Gasteiger partial charge in [-0.3, -0.25) is 4.79 Å². The number of amides is 1. The minimum Gasteiger partial charge on any atom is -0.345 e. The fourth-order valence-corrected chi connectivity index (χ4v) is 4.23. The van der Waals surface area contributed by atoms with Crippen LogP contribution < -0.4 is 0 Å². The maximum absolute atomic E-state index is 12.6. The van der Waals surface area contributed by atoms with Gasteiger partial charge in [0.2, 0.25) is 5.91 Å². The molecule has 5 nitrogen and oxygen atoms in total. The first-order valence-corrected chi connectivity index (χ1v) is 8.56. The smallest absolute Gasteiger partial charge is 0.229 e. The maximum atomic E-state index is 12.6. The van der Waals surface area contributed by atoms with Crippen LogP contribution in [0.3, 0.4) is 0 Å². The van der Waals surface area contributed by atoms with Gasteiger partial charge >= 0.3 is 0 Å². The number of benzene rings is 1. The zero-order chi connectivity index (χ0) is 15.9. The Labute approximate surface area is 136 Å². The van der Waals surface area contributed by atoms with Gasteiger partial charge in [0.25, 0.3) is 0 Å². The van der Waals surface area contributed by atoms with E-state index in [-0.39, 0.29) is 5.41 Å². The molecule has 122 valence electrons. The fourth-order valence-electron chi connectivity index (χ4n) is 4.23. The molecule has 3 heterocycles. The normalized spacial score (nSPS) is 25.8. The topological polar surface area (TPSA) is 41.4 Å². The minimum absolute atomic E-state index is 0.107. The number of rotatable bonds is 3. The summed E-state index contributed by atoms with van der Waals surface area (Å²) in [5.74, 6) is 0.360. The summed E-state index contributed by atoms with van der Waals surface area (Å²) in [6, 6.07) is 8.25. The molecule has 23 heavy (non-hydrogen) atoms. The van der Waals surface area contributed by atoms with Crippen molar-refractivity contribution >= 4 is 16.9 Å². The molecule has 2 fully saturated rings. The van der Waals surface area contributed by atoms with Gasteiger partial charge in [-0.25, -0.2) is 4.98 Å². The highest BCUT2D eigenvalue weighted by atomic mass is 16.2. The van der Waals surface area contributed by atoms with Crippen molar-refractivity contribution in [2.45, 2.75) is 25.8 Å². The summed E-state index contributed by atoms with van der Waals surface area (Å²) < 4.78 is 2.22. The van der Waals surface area contributed by atoms with Gasteiger partial charge in [0, 0.05) is 33.2 Å². The van der Waals surface area contributed by atoms with Crippen LogP contribution in [0.5, 0.6) is 0 Å². The van der Waals surface area contributed by atoms with Crippen molar-refractivity contribution in [3.63, 3.8) is 0 Å². The molecule has 2 aliphatic rings. The van der Waals surface area contributed by atoms with Crippen LogP contribution in [0.25, 0.3) is 11.0 Å². The molecule has 2 saturated heterocycles. The molecule has 2 aromatic rings. The molecular weight excluding hydrogens is 288 g/mol. The monoisotopic (exact) mass is 312 g/mol. The summed E-state index contributed by atoms with van der Waals surface area (Å²) in [6.45, 7) is 4.79. The zero-order valence-corrected chi connectivity index (χ0v) is 13.7. The summed E-state index contributed by atoms with van der Waals surface area (Å²) in [4.78, 5) is 21.4. The van der Waals surface area contributed by atoms with Gasteiger partial charge in [0.15, 0.2) is 0 Å². The van der Waals surface area contributed by atoms with Crippen molar-refractivity contribution in [1.82, 2.24) is 19.4 Å². The largest absolute Gasteiger partial charge is 0.345 e. The van der Waals surface area contributed by atoms with Crippen molar-refractivity contribution in [3.05, 3.63) is 30.6 Å². The molecule has 1 aromatic carbocycles. The summed E-state index contributed by atoms with van der Waals surface area (Å²) in [5, 5.41) is 0. The lowest BCUT2D eigenvalue weighted by Gasteiger charge is -2.37. The number of carbonyl (C=O) groups excluding carboxylic acids is 1. The lowest BCUT2D eigenvalue weighted by Crippen LogP contribution is -2.48. The molecule has 0 bridgehead atoms. The molecule has 0 aliphatic carbocycles. The number of hydrogen-bond acceptors (Lipinski definition) is 3. The van der Waals surface area contributed by atoms with Gasteiger partial charge in [0.05, 0.1) is 22.8 Å². The van der Waals surface area contributed by atoms with E-state index in [1.807, 2.05) is 30.4 Å². The number of aromatic nitrogens is 2. The molecule has 0 N–H and O–H groups in total. The first-order chi connectivity index (χ1) is 11.2. The Kier molecular flexibility index (Phi) is 3.60. The lowest BCUT2D eigenvalue weighted by molar-refractivity contribution is -0.143. The number of piperidine rings is 1. The third kappa shape index (κ3) is 2.53. The predicted octanol–water partition coefficient (Wildman–Crippen LogP) is 1.98. The summed E-state index contributed by atoms with van der Waals surface area (Å²) in [6.07, 6.45) is 5.14. The molecule has 0 saturated carbocycles. The van der Waals surface area contributed by atoms with E-state index in [2.05, 4.69) is 26.6 Å². The number of hydrogen-bond donors (Lipinski definition) is 0. The van der Waals surface area contributed by atoms with Crippen LogP contribution in [-0.2, 0) is 11.3 Å². The van der Waals surface area contributed by atoms with Gasteiger partial charge in [-0.15, -0.1) is 0 Å². The average molecular weight is 312 g/mol. The Bertz CT molecular complexity index is 725. The Hall–Kier alpha value is -1.88. The predicted molar refractivity (Wildman–Crippen MR) is 90.1 cm³/mol. The van der Waals surface area contributed by atoms with Crippen LogP contribution in [0.1, 0.15) is 19.3 Å². The fraction of sp³-hybridized carbons (Fsp3) is 0.556.